The van der Waals surface area contributed by atoms with E-state index in [0.717, 1.165) is 31.6 Å². The van der Waals surface area contributed by atoms with Crippen LogP contribution in [0, 0.1) is 10.9 Å². The molecule has 6 nitrogen and oxygen atoms in total. The van der Waals surface area contributed by atoms with Gasteiger partial charge < -0.3 is 5.32 Å². The average molecular weight is 467 g/mol. The van der Waals surface area contributed by atoms with Gasteiger partial charge in [-0.25, -0.2) is 22.2 Å². The Balaban J connectivity index is 1.53. The first-order chi connectivity index (χ1) is 13.7. The van der Waals surface area contributed by atoms with Crippen molar-refractivity contribution in [1.82, 2.24) is 9.88 Å². The first-order valence-corrected chi connectivity index (χ1v) is 11.6. The first kappa shape index (κ1) is 20.7. The monoisotopic (exact) mass is 466 g/mol. The van der Waals surface area contributed by atoms with E-state index in [1.54, 1.807) is 0 Å². The van der Waals surface area contributed by atoms with Crippen LogP contribution in [0.3, 0.4) is 0 Å². The SMILES string of the molecule is O=S(=O)(Nc1ncc(F)s1)c1ccc(NCC23CCCN2CC(F)C3)c(Cl)c1F. The van der Waals surface area contributed by atoms with Gasteiger partial charge in [-0.2, -0.15) is 4.39 Å². The van der Waals surface area contributed by atoms with Crippen molar-refractivity contribution in [3.05, 3.63) is 34.3 Å². The van der Waals surface area contributed by atoms with Gasteiger partial charge in [0.25, 0.3) is 10.0 Å². The molecular formula is C17H18ClF3N4O2S2. The Morgan fingerprint density at radius 1 is 1.38 bits per heavy atom. The van der Waals surface area contributed by atoms with Crippen molar-refractivity contribution in [2.24, 2.45) is 0 Å². The molecule has 1 aromatic heterocycles. The van der Waals surface area contributed by atoms with E-state index < -0.39 is 32.0 Å². The molecule has 2 aromatic rings. The van der Waals surface area contributed by atoms with Crippen LogP contribution in [0.15, 0.2) is 23.2 Å². The van der Waals surface area contributed by atoms with Gasteiger partial charge in [0.2, 0.25) is 0 Å². The summed E-state index contributed by atoms with van der Waals surface area (Å²) in [5.74, 6) is -1.13. The lowest BCUT2D eigenvalue weighted by Gasteiger charge is -2.32. The Hall–Kier alpha value is -1.56. The van der Waals surface area contributed by atoms with E-state index in [1.165, 1.54) is 6.07 Å². The van der Waals surface area contributed by atoms with E-state index in [-0.39, 0.29) is 21.4 Å². The van der Waals surface area contributed by atoms with Crippen LogP contribution >= 0.6 is 22.9 Å². The zero-order chi connectivity index (χ0) is 20.8. The molecule has 158 valence electrons. The van der Waals surface area contributed by atoms with Crippen molar-refractivity contribution >= 4 is 43.8 Å². The number of halogens is 4. The predicted molar refractivity (Wildman–Crippen MR) is 106 cm³/mol. The predicted octanol–water partition coefficient (Wildman–Crippen LogP) is 3.86. The van der Waals surface area contributed by atoms with Crippen molar-refractivity contribution in [1.29, 1.82) is 0 Å². The molecule has 2 atom stereocenters. The summed E-state index contributed by atoms with van der Waals surface area (Å²) in [4.78, 5) is 4.99. The van der Waals surface area contributed by atoms with Crippen molar-refractivity contribution in [2.75, 3.05) is 29.7 Å². The summed E-state index contributed by atoms with van der Waals surface area (Å²) in [5, 5.41) is 1.78. The van der Waals surface area contributed by atoms with Gasteiger partial charge >= 0.3 is 0 Å². The van der Waals surface area contributed by atoms with E-state index >= 15 is 0 Å². The number of rotatable bonds is 6. The fraction of sp³-hybridized carbons (Fsp3) is 0.471. The molecule has 3 heterocycles. The summed E-state index contributed by atoms with van der Waals surface area (Å²) in [6.45, 7) is 1.60. The van der Waals surface area contributed by atoms with Crippen molar-refractivity contribution < 1.29 is 21.6 Å². The van der Waals surface area contributed by atoms with Crippen molar-refractivity contribution in [2.45, 2.75) is 35.9 Å². The molecule has 0 radical (unpaired) electrons. The summed E-state index contributed by atoms with van der Waals surface area (Å²) in [6.07, 6.45) is 2.17. The molecule has 4 rings (SSSR count). The zero-order valence-electron chi connectivity index (χ0n) is 15.1. The number of hydrogen-bond donors (Lipinski definition) is 2. The quantitative estimate of drug-likeness (QED) is 0.676. The third-order valence-electron chi connectivity index (χ3n) is 5.40. The van der Waals surface area contributed by atoms with E-state index in [0.29, 0.717) is 30.8 Å². The molecule has 2 fully saturated rings. The highest BCUT2D eigenvalue weighted by Gasteiger charge is 2.48. The lowest BCUT2D eigenvalue weighted by Crippen LogP contribution is -2.44. The third kappa shape index (κ3) is 3.92. The van der Waals surface area contributed by atoms with Crippen molar-refractivity contribution in [3.63, 3.8) is 0 Å². The maximum atomic E-state index is 14.7. The number of hydrogen-bond acceptors (Lipinski definition) is 6. The highest BCUT2D eigenvalue weighted by Crippen LogP contribution is 2.41. The van der Waals surface area contributed by atoms with Crippen LogP contribution in [-0.4, -0.2) is 49.6 Å². The standard InChI is InChI=1S/C17H18ClF3N4O2S2/c18-14-11(23-9-17-4-1-5-25(17)8-10(19)6-17)2-3-12(15(14)21)29(26,27)24-16-22-7-13(20)28-16/h2-3,7,10,23H,1,4-6,8-9H2,(H,22,24). The maximum Gasteiger partial charge on any atom is 0.266 e. The summed E-state index contributed by atoms with van der Waals surface area (Å²) < 4.78 is 68.5. The van der Waals surface area contributed by atoms with Gasteiger partial charge in [-0.05, 0) is 37.9 Å². The Bertz CT molecular complexity index is 1040. The van der Waals surface area contributed by atoms with Gasteiger partial charge in [-0.3, -0.25) is 9.62 Å². The van der Waals surface area contributed by atoms with E-state index in [1.807, 2.05) is 4.72 Å². The van der Waals surface area contributed by atoms with Gasteiger partial charge in [-0.15, -0.1) is 0 Å². The fourth-order valence-electron chi connectivity index (χ4n) is 4.11. The van der Waals surface area contributed by atoms with E-state index in [9.17, 15) is 21.6 Å². The third-order valence-corrected chi connectivity index (χ3v) is 7.96. The number of thiazole rings is 1. The van der Waals surface area contributed by atoms with Gasteiger partial charge in [-0.1, -0.05) is 22.9 Å². The smallest absolute Gasteiger partial charge is 0.266 e. The Kier molecular flexibility index (Phi) is 5.43. The molecule has 2 unspecified atom stereocenters. The largest absolute Gasteiger partial charge is 0.382 e. The second-order valence-electron chi connectivity index (χ2n) is 7.24. The molecule has 2 N–H and O–H groups in total. The molecule has 1 aromatic carbocycles. The summed E-state index contributed by atoms with van der Waals surface area (Å²) in [7, 11) is -4.34. The molecule has 2 saturated heterocycles. The molecule has 0 bridgehead atoms. The number of sulfonamides is 1. The van der Waals surface area contributed by atoms with Crippen molar-refractivity contribution in [3.8, 4) is 0 Å². The highest BCUT2D eigenvalue weighted by molar-refractivity contribution is 7.93. The number of alkyl halides is 1. The number of fused-ring (bicyclic) bond motifs is 1. The second-order valence-corrected chi connectivity index (χ2v) is 10.3. The van der Waals surface area contributed by atoms with E-state index in [4.69, 9.17) is 11.6 Å². The fourth-order valence-corrected chi connectivity index (χ4v) is 6.26. The van der Waals surface area contributed by atoms with Gasteiger partial charge in [0.05, 0.1) is 11.9 Å². The lowest BCUT2D eigenvalue weighted by molar-refractivity contribution is 0.209. The molecule has 29 heavy (non-hydrogen) atoms. The Morgan fingerprint density at radius 3 is 2.90 bits per heavy atom. The minimum Gasteiger partial charge on any atom is -0.382 e. The van der Waals surface area contributed by atoms with Gasteiger partial charge in [0.15, 0.2) is 16.1 Å². The number of aromatic nitrogens is 1. The van der Waals surface area contributed by atoms with Crippen LogP contribution in [0.5, 0.6) is 0 Å². The molecule has 12 heteroatoms. The second kappa shape index (κ2) is 7.60. The summed E-state index contributed by atoms with van der Waals surface area (Å²) in [5.41, 5.74) is -0.104. The number of nitrogens with one attached hydrogen (secondary N) is 2. The first-order valence-electron chi connectivity index (χ1n) is 8.95. The minimum absolute atomic E-state index is 0.220. The van der Waals surface area contributed by atoms with Crippen LogP contribution in [0.1, 0.15) is 19.3 Å². The van der Waals surface area contributed by atoms with E-state index in [2.05, 4.69) is 15.2 Å². The van der Waals surface area contributed by atoms with Gasteiger partial charge in [0.1, 0.15) is 16.1 Å². The maximum absolute atomic E-state index is 14.7. The normalized spacial score (nSPS) is 24.6. The van der Waals surface area contributed by atoms with Crippen LogP contribution in [0.4, 0.5) is 24.0 Å². The zero-order valence-corrected chi connectivity index (χ0v) is 17.5. The topological polar surface area (TPSA) is 74.3 Å². The molecular weight excluding hydrogens is 449 g/mol. The van der Waals surface area contributed by atoms with Crippen LogP contribution < -0.4 is 10.0 Å². The molecule has 2 aliphatic rings. The minimum atomic E-state index is -4.34. The number of nitrogens with zero attached hydrogens (tertiary/aromatic N) is 2. The average Bonchev–Trinajstić information content (AvgIpc) is 3.29. The van der Waals surface area contributed by atoms with Crippen LogP contribution in [0.2, 0.25) is 5.02 Å². The Labute approximate surface area is 175 Å². The Morgan fingerprint density at radius 2 is 2.17 bits per heavy atom. The highest BCUT2D eigenvalue weighted by atomic mass is 35.5. The number of benzene rings is 1. The molecule has 0 spiro atoms. The lowest BCUT2D eigenvalue weighted by atomic mass is 9.93. The molecule has 0 amide bonds. The molecule has 0 aliphatic carbocycles. The summed E-state index contributed by atoms with van der Waals surface area (Å²) >= 11 is 6.56. The molecule has 2 aliphatic heterocycles. The molecule has 0 saturated carbocycles. The summed E-state index contributed by atoms with van der Waals surface area (Å²) in [6, 6.07) is 2.44. The van der Waals surface area contributed by atoms with Crippen LogP contribution in [0.25, 0.3) is 0 Å². The van der Waals surface area contributed by atoms with Gasteiger partial charge in [0, 0.05) is 18.6 Å². The number of anilines is 2. The van der Waals surface area contributed by atoms with Crippen LogP contribution in [-0.2, 0) is 10.0 Å².